The number of halogens is 1. The highest BCUT2D eigenvalue weighted by atomic mass is 79.9. The maximum absolute atomic E-state index is 5.92. The van der Waals surface area contributed by atoms with Crippen LogP contribution in [0, 0.1) is 5.92 Å². The lowest BCUT2D eigenvalue weighted by Gasteiger charge is -2.34. The van der Waals surface area contributed by atoms with Crippen molar-refractivity contribution in [1.29, 1.82) is 0 Å². The molecule has 108 valence electrons. The topological polar surface area (TPSA) is 45.6 Å². The molecule has 2 rings (SSSR count). The fourth-order valence-electron chi connectivity index (χ4n) is 2.80. The quantitative estimate of drug-likeness (QED) is 0.900. The highest BCUT2D eigenvalue weighted by molar-refractivity contribution is 9.10. The van der Waals surface area contributed by atoms with Gasteiger partial charge in [0.15, 0.2) is 4.67 Å². The molecule has 1 aliphatic rings. The maximum atomic E-state index is 5.92. The molecule has 0 aromatic carbocycles. The molecule has 4 nitrogen and oxygen atoms in total. The predicted octanol–water partition coefficient (Wildman–Crippen LogP) is 2.32. The molecule has 1 fully saturated rings. The Hall–Kier alpha value is -0.360. The van der Waals surface area contributed by atoms with Crippen LogP contribution in [0.2, 0.25) is 0 Å². The number of rotatable bonds is 5. The van der Waals surface area contributed by atoms with E-state index in [1.165, 1.54) is 25.9 Å². The van der Waals surface area contributed by atoms with Crippen LogP contribution in [0.5, 0.6) is 0 Å². The number of nitrogens with two attached hydrogens (primary N) is 1. The first-order valence-electron chi connectivity index (χ1n) is 6.94. The summed E-state index contributed by atoms with van der Waals surface area (Å²) in [4.78, 5) is 4.74. The van der Waals surface area contributed by atoms with Gasteiger partial charge in [-0.2, -0.15) is 0 Å². The van der Waals surface area contributed by atoms with E-state index >= 15 is 0 Å². The summed E-state index contributed by atoms with van der Waals surface area (Å²) in [6.07, 6.45) is 2.56. The molecule has 1 aromatic heterocycles. The second-order valence-corrected chi connectivity index (χ2v) is 6.36. The zero-order valence-electron chi connectivity index (χ0n) is 11.8. The van der Waals surface area contributed by atoms with Gasteiger partial charge in [0.2, 0.25) is 0 Å². The summed E-state index contributed by atoms with van der Waals surface area (Å²) in [5.74, 6) is 1.72. The molecule has 1 aliphatic heterocycles. The Morgan fingerprint density at radius 1 is 1.47 bits per heavy atom. The molecule has 0 radical (unpaired) electrons. The highest BCUT2D eigenvalue weighted by Crippen LogP contribution is 2.26. The van der Waals surface area contributed by atoms with E-state index in [2.05, 4.69) is 39.8 Å². The molecule has 1 saturated heterocycles. The third kappa shape index (κ3) is 4.05. The Bertz CT molecular complexity index is 388. The minimum absolute atomic E-state index is 0.172. The third-order valence-electron chi connectivity index (χ3n) is 4.06. The molecule has 0 saturated carbocycles. The standard InChI is InChI=1S/C14H24BrN3O/c1-17-7-5-11(6-8-17)10-18(2)12(9-16)13-3-4-14(15)19-13/h3-4,11-12H,5-10,16H2,1-2H3. The van der Waals surface area contributed by atoms with Gasteiger partial charge < -0.3 is 15.1 Å². The molecular weight excluding hydrogens is 306 g/mol. The van der Waals surface area contributed by atoms with Crippen LogP contribution in [0.4, 0.5) is 0 Å². The summed E-state index contributed by atoms with van der Waals surface area (Å²) in [6, 6.07) is 4.11. The molecule has 1 atom stereocenters. The third-order valence-corrected chi connectivity index (χ3v) is 4.49. The smallest absolute Gasteiger partial charge is 0.169 e. The summed E-state index contributed by atoms with van der Waals surface area (Å²) in [7, 11) is 4.34. The lowest BCUT2D eigenvalue weighted by Crippen LogP contribution is -2.38. The minimum atomic E-state index is 0.172. The van der Waals surface area contributed by atoms with E-state index in [9.17, 15) is 0 Å². The summed E-state index contributed by atoms with van der Waals surface area (Å²) in [5, 5.41) is 0. The van der Waals surface area contributed by atoms with Gasteiger partial charge >= 0.3 is 0 Å². The Morgan fingerprint density at radius 3 is 2.68 bits per heavy atom. The van der Waals surface area contributed by atoms with E-state index in [0.29, 0.717) is 6.54 Å². The van der Waals surface area contributed by atoms with Crippen molar-refractivity contribution in [1.82, 2.24) is 9.80 Å². The number of nitrogens with zero attached hydrogens (tertiary/aromatic N) is 2. The minimum Gasteiger partial charge on any atom is -0.453 e. The van der Waals surface area contributed by atoms with Gasteiger partial charge in [-0.3, -0.25) is 4.90 Å². The van der Waals surface area contributed by atoms with Crippen molar-refractivity contribution in [2.75, 3.05) is 40.3 Å². The second-order valence-electron chi connectivity index (χ2n) is 5.58. The van der Waals surface area contributed by atoms with Gasteiger partial charge in [-0.05, 0) is 74.0 Å². The fraction of sp³-hybridized carbons (Fsp3) is 0.714. The maximum Gasteiger partial charge on any atom is 0.169 e. The molecule has 1 aromatic rings. The van der Waals surface area contributed by atoms with E-state index in [1.807, 2.05) is 12.1 Å². The monoisotopic (exact) mass is 329 g/mol. The first-order chi connectivity index (χ1) is 9.10. The Morgan fingerprint density at radius 2 is 2.16 bits per heavy atom. The van der Waals surface area contributed by atoms with Gasteiger partial charge in [0.05, 0.1) is 6.04 Å². The largest absolute Gasteiger partial charge is 0.453 e. The normalized spacial score (nSPS) is 20.1. The number of hydrogen-bond acceptors (Lipinski definition) is 4. The van der Waals surface area contributed by atoms with E-state index in [4.69, 9.17) is 10.2 Å². The summed E-state index contributed by atoms with van der Waals surface area (Å²) >= 11 is 3.35. The van der Waals surface area contributed by atoms with Crippen molar-refractivity contribution in [3.8, 4) is 0 Å². The van der Waals surface area contributed by atoms with Crippen molar-refractivity contribution in [3.63, 3.8) is 0 Å². The lowest BCUT2D eigenvalue weighted by atomic mass is 9.96. The van der Waals surface area contributed by atoms with Gasteiger partial charge in [0.25, 0.3) is 0 Å². The van der Waals surface area contributed by atoms with Crippen LogP contribution in [0.15, 0.2) is 21.2 Å². The lowest BCUT2D eigenvalue weighted by molar-refractivity contribution is 0.142. The molecule has 0 bridgehead atoms. The molecule has 19 heavy (non-hydrogen) atoms. The van der Waals surface area contributed by atoms with Crippen LogP contribution in [-0.4, -0.2) is 50.1 Å². The van der Waals surface area contributed by atoms with Crippen molar-refractivity contribution in [2.24, 2.45) is 11.7 Å². The van der Waals surface area contributed by atoms with E-state index in [0.717, 1.165) is 22.9 Å². The Kier molecular flexibility index (Phi) is 5.45. The fourth-order valence-corrected chi connectivity index (χ4v) is 3.12. The zero-order chi connectivity index (χ0) is 13.8. The molecule has 0 amide bonds. The molecular formula is C14H24BrN3O. The Balaban J connectivity index is 1.91. The Labute approximate surface area is 124 Å². The average molecular weight is 330 g/mol. The van der Waals surface area contributed by atoms with Gasteiger partial charge in [-0.25, -0.2) is 0 Å². The van der Waals surface area contributed by atoms with E-state index in [1.54, 1.807) is 0 Å². The average Bonchev–Trinajstić information content (AvgIpc) is 2.80. The van der Waals surface area contributed by atoms with Crippen molar-refractivity contribution in [3.05, 3.63) is 22.6 Å². The van der Waals surface area contributed by atoms with Crippen molar-refractivity contribution >= 4 is 15.9 Å². The van der Waals surface area contributed by atoms with Gasteiger partial charge in [0, 0.05) is 13.1 Å². The van der Waals surface area contributed by atoms with E-state index < -0.39 is 0 Å². The zero-order valence-corrected chi connectivity index (χ0v) is 13.4. The van der Waals surface area contributed by atoms with Crippen LogP contribution in [0.1, 0.15) is 24.6 Å². The summed E-state index contributed by atoms with van der Waals surface area (Å²) < 4.78 is 6.42. The second kappa shape index (κ2) is 6.88. The molecule has 2 N–H and O–H groups in total. The van der Waals surface area contributed by atoms with Gasteiger partial charge in [-0.15, -0.1) is 0 Å². The molecule has 1 unspecified atom stereocenters. The molecule has 0 spiro atoms. The predicted molar refractivity (Wildman–Crippen MR) is 81.1 cm³/mol. The number of likely N-dealkylation sites (tertiary alicyclic amines) is 1. The summed E-state index contributed by atoms with van der Waals surface area (Å²) in [6.45, 7) is 4.09. The highest BCUT2D eigenvalue weighted by Gasteiger charge is 2.24. The number of likely N-dealkylation sites (N-methyl/N-ethyl adjacent to an activating group) is 1. The van der Waals surface area contributed by atoms with Crippen molar-refractivity contribution < 1.29 is 4.42 Å². The molecule has 5 heteroatoms. The van der Waals surface area contributed by atoms with Gasteiger partial charge in [0.1, 0.15) is 5.76 Å². The molecule has 2 heterocycles. The van der Waals surface area contributed by atoms with Crippen LogP contribution in [0.3, 0.4) is 0 Å². The van der Waals surface area contributed by atoms with Gasteiger partial charge in [-0.1, -0.05) is 0 Å². The van der Waals surface area contributed by atoms with E-state index in [-0.39, 0.29) is 6.04 Å². The van der Waals surface area contributed by atoms with Crippen molar-refractivity contribution in [2.45, 2.75) is 18.9 Å². The first kappa shape index (κ1) is 15.0. The number of furan rings is 1. The number of hydrogen-bond donors (Lipinski definition) is 1. The summed E-state index contributed by atoms with van der Waals surface area (Å²) in [5.41, 5.74) is 5.92. The molecule has 0 aliphatic carbocycles. The number of piperidine rings is 1. The van der Waals surface area contributed by atoms with Crippen LogP contribution < -0.4 is 5.73 Å². The van der Waals surface area contributed by atoms with Crippen LogP contribution in [0.25, 0.3) is 0 Å². The SMILES string of the molecule is CN1CCC(CN(C)C(CN)c2ccc(Br)o2)CC1. The first-order valence-corrected chi connectivity index (χ1v) is 7.73. The van der Waals surface area contributed by atoms with Crippen LogP contribution >= 0.6 is 15.9 Å². The van der Waals surface area contributed by atoms with Crippen LogP contribution in [-0.2, 0) is 0 Å².